The molecular weight excluding hydrogens is 453 g/mol. The quantitative estimate of drug-likeness (QED) is 0.500. The SMILES string of the molecule is O=C(NCCCO)c1sc2ncnc3c2c1NC(=O)N3c1ccc(F)c(Br)c1. The highest BCUT2D eigenvalue weighted by Gasteiger charge is 2.33. The summed E-state index contributed by atoms with van der Waals surface area (Å²) in [6.07, 6.45) is 1.74. The Hall–Kier alpha value is -2.63. The van der Waals surface area contributed by atoms with Gasteiger partial charge >= 0.3 is 6.03 Å². The molecule has 3 aromatic rings. The van der Waals surface area contributed by atoms with Gasteiger partial charge in [-0.05, 0) is 40.5 Å². The van der Waals surface area contributed by atoms with Crippen LogP contribution in [0.15, 0.2) is 29.0 Å². The van der Waals surface area contributed by atoms with Gasteiger partial charge in [0.25, 0.3) is 5.91 Å². The number of carbonyl (C=O) groups is 2. The Morgan fingerprint density at radius 2 is 2.21 bits per heavy atom. The monoisotopic (exact) mass is 465 g/mol. The average molecular weight is 466 g/mol. The second-order valence-corrected chi connectivity index (χ2v) is 7.73. The minimum absolute atomic E-state index is 0.0336. The van der Waals surface area contributed by atoms with Crippen LogP contribution in [-0.4, -0.2) is 40.2 Å². The molecule has 8 nitrogen and oxygen atoms in total. The molecule has 144 valence electrons. The summed E-state index contributed by atoms with van der Waals surface area (Å²) >= 11 is 4.26. The lowest BCUT2D eigenvalue weighted by atomic mass is 10.2. The molecule has 0 bridgehead atoms. The number of amides is 3. The number of hydrogen-bond donors (Lipinski definition) is 3. The van der Waals surface area contributed by atoms with E-state index in [1.165, 1.54) is 29.4 Å². The predicted molar refractivity (Wildman–Crippen MR) is 107 cm³/mol. The second kappa shape index (κ2) is 7.41. The number of hydrogen-bond acceptors (Lipinski definition) is 6. The fourth-order valence-electron chi connectivity index (χ4n) is 2.85. The molecule has 4 rings (SSSR count). The summed E-state index contributed by atoms with van der Waals surface area (Å²) < 4.78 is 13.8. The van der Waals surface area contributed by atoms with Crippen molar-refractivity contribution in [3.05, 3.63) is 39.7 Å². The van der Waals surface area contributed by atoms with Gasteiger partial charge in [0, 0.05) is 13.2 Å². The smallest absolute Gasteiger partial charge is 0.332 e. The number of aliphatic hydroxyl groups excluding tert-OH is 1. The van der Waals surface area contributed by atoms with Crippen molar-refractivity contribution < 1.29 is 19.1 Å². The van der Waals surface area contributed by atoms with Gasteiger partial charge in [-0.2, -0.15) is 0 Å². The van der Waals surface area contributed by atoms with Crippen LogP contribution >= 0.6 is 27.3 Å². The molecule has 0 saturated heterocycles. The molecular formula is C17H13BrFN5O3S. The molecule has 0 saturated carbocycles. The van der Waals surface area contributed by atoms with Crippen molar-refractivity contribution in [1.82, 2.24) is 15.3 Å². The minimum atomic E-state index is -0.520. The molecule has 0 atom stereocenters. The summed E-state index contributed by atoms with van der Waals surface area (Å²) in [6, 6.07) is 3.67. The Balaban J connectivity index is 1.81. The fraction of sp³-hybridized carbons (Fsp3) is 0.176. The van der Waals surface area contributed by atoms with Gasteiger partial charge in [0.2, 0.25) is 0 Å². The maximum absolute atomic E-state index is 13.6. The standard InChI is InChI=1S/C17H13BrFN5O3S/c18-9-6-8(2-3-10(9)19)24-14-11-12(23-17(24)27)13(15(26)20-4-1-5-25)28-16(11)22-7-21-14/h2-3,6-7,25H,1,4-5H2,(H,20,26)(H,23,27). The van der Waals surface area contributed by atoms with Crippen molar-refractivity contribution in [3.8, 4) is 0 Å². The van der Waals surface area contributed by atoms with Gasteiger partial charge in [-0.1, -0.05) is 0 Å². The van der Waals surface area contributed by atoms with E-state index in [4.69, 9.17) is 5.11 Å². The van der Waals surface area contributed by atoms with Gasteiger partial charge in [0.05, 0.1) is 21.2 Å². The predicted octanol–water partition coefficient (Wildman–Crippen LogP) is 3.39. The van der Waals surface area contributed by atoms with Crippen LogP contribution < -0.4 is 15.5 Å². The fourth-order valence-corrected chi connectivity index (χ4v) is 4.23. The van der Waals surface area contributed by atoms with Crippen molar-refractivity contribution in [2.45, 2.75) is 6.42 Å². The highest BCUT2D eigenvalue weighted by atomic mass is 79.9. The summed E-state index contributed by atoms with van der Waals surface area (Å²) in [5.74, 6) is -0.504. The number of nitrogens with zero attached hydrogens (tertiary/aromatic N) is 3. The molecule has 0 aliphatic carbocycles. The average Bonchev–Trinajstić information content (AvgIpc) is 3.04. The largest absolute Gasteiger partial charge is 0.396 e. The lowest BCUT2D eigenvalue weighted by molar-refractivity contribution is 0.0956. The van der Waals surface area contributed by atoms with Gasteiger partial charge in [-0.15, -0.1) is 11.3 Å². The zero-order valence-electron chi connectivity index (χ0n) is 14.2. The first-order chi connectivity index (χ1) is 13.5. The van der Waals surface area contributed by atoms with E-state index in [1.807, 2.05) is 0 Å². The Labute approximate surface area is 170 Å². The van der Waals surface area contributed by atoms with E-state index >= 15 is 0 Å². The molecule has 1 aliphatic rings. The molecule has 1 aliphatic heterocycles. The van der Waals surface area contributed by atoms with Gasteiger partial charge < -0.3 is 15.7 Å². The number of anilines is 3. The third-order valence-electron chi connectivity index (χ3n) is 4.10. The summed E-state index contributed by atoms with van der Waals surface area (Å²) in [5.41, 5.74) is 0.760. The minimum Gasteiger partial charge on any atom is -0.396 e. The summed E-state index contributed by atoms with van der Waals surface area (Å²) in [5, 5.41) is 14.8. The molecule has 0 fully saturated rings. The van der Waals surface area contributed by atoms with Crippen molar-refractivity contribution in [2.24, 2.45) is 0 Å². The number of benzene rings is 1. The third-order valence-corrected chi connectivity index (χ3v) is 5.81. The molecule has 3 heterocycles. The van der Waals surface area contributed by atoms with E-state index in [0.29, 0.717) is 45.3 Å². The molecule has 1 aromatic carbocycles. The summed E-state index contributed by atoms with van der Waals surface area (Å²) in [6.45, 7) is 0.277. The number of halogens is 2. The van der Waals surface area contributed by atoms with E-state index in [9.17, 15) is 14.0 Å². The molecule has 3 N–H and O–H groups in total. The van der Waals surface area contributed by atoms with Gasteiger partial charge in [0.1, 0.15) is 21.9 Å². The Kier molecular flexibility index (Phi) is 4.96. The topological polar surface area (TPSA) is 107 Å². The van der Waals surface area contributed by atoms with E-state index < -0.39 is 11.8 Å². The highest BCUT2D eigenvalue weighted by Crippen LogP contribution is 2.44. The van der Waals surface area contributed by atoms with Crippen LogP contribution in [0.5, 0.6) is 0 Å². The van der Waals surface area contributed by atoms with Crippen LogP contribution in [-0.2, 0) is 0 Å². The number of aromatic nitrogens is 2. The van der Waals surface area contributed by atoms with Crippen LogP contribution in [0.3, 0.4) is 0 Å². The number of nitrogens with one attached hydrogen (secondary N) is 2. The van der Waals surface area contributed by atoms with Crippen LogP contribution in [0.1, 0.15) is 16.1 Å². The van der Waals surface area contributed by atoms with Crippen LogP contribution in [0.4, 0.5) is 26.4 Å². The van der Waals surface area contributed by atoms with Crippen LogP contribution in [0.2, 0.25) is 0 Å². The lowest BCUT2D eigenvalue weighted by Crippen LogP contribution is -2.35. The van der Waals surface area contributed by atoms with Gasteiger partial charge in [-0.3, -0.25) is 4.79 Å². The van der Waals surface area contributed by atoms with E-state index in [1.54, 1.807) is 0 Å². The zero-order chi connectivity index (χ0) is 19.8. The van der Waals surface area contributed by atoms with Crippen molar-refractivity contribution in [2.75, 3.05) is 23.4 Å². The first-order valence-electron chi connectivity index (χ1n) is 8.24. The van der Waals surface area contributed by atoms with E-state index in [2.05, 4.69) is 36.5 Å². The van der Waals surface area contributed by atoms with Crippen LogP contribution in [0.25, 0.3) is 10.2 Å². The number of thiophene rings is 1. The van der Waals surface area contributed by atoms with Crippen LogP contribution in [0, 0.1) is 5.82 Å². The third kappa shape index (κ3) is 3.11. The zero-order valence-corrected chi connectivity index (χ0v) is 16.6. The van der Waals surface area contributed by atoms with Crippen molar-refractivity contribution >= 4 is 66.6 Å². The maximum atomic E-state index is 13.6. The molecule has 11 heteroatoms. The molecule has 0 radical (unpaired) electrons. The van der Waals surface area contributed by atoms with Crippen molar-refractivity contribution in [3.63, 3.8) is 0 Å². The van der Waals surface area contributed by atoms with E-state index in [0.717, 1.165) is 11.3 Å². The molecule has 2 aromatic heterocycles. The normalized spacial score (nSPS) is 13.0. The Bertz CT molecular complexity index is 1110. The van der Waals surface area contributed by atoms with Gasteiger partial charge in [0.15, 0.2) is 5.82 Å². The summed E-state index contributed by atoms with van der Waals surface area (Å²) in [4.78, 5) is 35.9. The number of rotatable bonds is 5. The lowest BCUT2D eigenvalue weighted by Gasteiger charge is -2.27. The van der Waals surface area contributed by atoms with Gasteiger partial charge in [-0.25, -0.2) is 24.1 Å². The maximum Gasteiger partial charge on any atom is 0.332 e. The number of urea groups is 1. The first kappa shape index (κ1) is 18.7. The Morgan fingerprint density at radius 1 is 1.39 bits per heavy atom. The Morgan fingerprint density at radius 3 is 2.96 bits per heavy atom. The van der Waals surface area contributed by atoms with E-state index in [-0.39, 0.29) is 17.0 Å². The number of carbonyl (C=O) groups excluding carboxylic acids is 2. The highest BCUT2D eigenvalue weighted by molar-refractivity contribution is 9.10. The second-order valence-electron chi connectivity index (χ2n) is 5.88. The first-order valence-corrected chi connectivity index (χ1v) is 9.85. The number of aliphatic hydroxyl groups is 1. The molecule has 0 unspecified atom stereocenters. The summed E-state index contributed by atoms with van der Waals surface area (Å²) in [7, 11) is 0. The molecule has 3 amide bonds. The molecule has 28 heavy (non-hydrogen) atoms. The molecule has 0 spiro atoms. The van der Waals surface area contributed by atoms with Crippen molar-refractivity contribution in [1.29, 1.82) is 0 Å².